The van der Waals surface area contributed by atoms with E-state index in [4.69, 9.17) is 0 Å². The summed E-state index contributed by atoms with van der Waals surface area (Å²) in [6, 6.07) is 8.93. The molecule has 8 heteroatoms. The SMILES string of the molecule is C[C@@H]1Cc2ccccc2N1C(=O)[C@H](C)N(c1ccc(F)c(F)c1)S(C)(=O)=O. The van der Waals surface area contributed by atoms with Gasteiger partial charge >= 0.3 is 0 Å². The molecular formula is C19H20F2N2O3S. The molecule has 0 aromatic heterocycles. The molecule has 1 amide bonds. The lowest BCUT2D eigenvalue weighted by molar-refractivity contribution is -0.119. The summed E-state index contributed by atoms with van der Waals surface area (Å²) < 4.78 is 52.5. The zero-order chi connectivity index (χ0) is 19.9. The molecule has 144 valence electrons. The van der Waals surface area contributed by atoms with E-state index in [0.717, 1.165) is 40.0 Å². The highest BCUT2D eigenvalue weighted by molar-refractivity contribution is 7.92. The Labute approximate surface area is 157 Å². The summed E-state index contributed by atoms with van der Waals surface area (Å²) in [7, 11) is -3.92. The summed E-state index contributed by atoms with van der Waals surface area (Å²) in [5, 5.41) is 0. The molecule has 1 aliphatic rings. The monoisotopic (exact) mass is 394 g/mol. The second-order valence-electron chi connectivity index (χ2n) is 6.72. The maximum atomic E-state index is 13.7. The lowest BCUT2D eigenvalue weighted by atomic mass is 10.1. The molecule has 2 aromatic carbocycles. The molecular weight excluding hydrogens is 374 g/mol. The van der Waals surface area contributed by atoms with Crippen molar-refractivity contribution >= 4 is 27.3 Å². The minimum Gasteiger partial charge on any atom is -0.307 e. The zero-order valence-corrected chi connectivity index (χ0v) is 16.0. The first-order chi connectivity index (χ1) is 12.6. The first-order valence-corrected chi connectivity index (χ1v) is 10.3. The van der Waals surface area contributed by atoms with Crippen LogP contribution in [-0.4, -0.2) is 32.7 Å². The fourth-order valence-electron chi connectivity index (χ4n) is 3.53. The summed E-state index contributed by atoms with van der Waals surface area (Å²) in [6.07, 6.45) is 1.60. The van der Waals surface area contributed by atoms with E-state index in [2.05, 4.69) is 0 Å². The van der Waals surface area contributed by atoms with Crippen LogP contribution in [0.15, 0.2) is 42.5 Å². The third kappa shape index (κ3) is 3.53. The van der Waals surface area contributed by atoms with Gasteiger partial charge in [-0.2, -0.15) is 0 Å². The summed E-state index contributed by atoms with van der Waals surface area (Å²) in [4.78, 5) is 14.8. The Morgan fingerprint density at radius 1 is 1.19 bits per heavy atom. The van der Waals surface area contributed by atoms with Crippen LogP contribution >= 0.6 is 0 Å². The van der Waals surface area contributed by atoms with Crippen LogP contribution in [0.25, 0.3) is 0 Å². The van der Waals surface area contributed by atoms with Crippen molar-refractivity contribution in [3.63, 3.8) is 0 Å². The van der Waals surface area contributed by atoms with Gasteiger partial charge in [-0.05, 0) is 44.0 Å². The van der Waals surface area contributed by atoms with Crippen LogP contribution in [0.5, 0.6) is 0 Å². The Bertz CT molecular complexity index is 994. The number of nitrogens with zero attached hydrogens (tertiary/aromatic N) is 2. The molecule has 0 aliphatic carbocycles. The van der Waals surface area contributed by atoms with Crippen LogP contribution < -0.4 is 9.21 Å². The van der Waals surface area contributed by atoms with E-state index in [0.29, 0.717) is 6.42 Å². The third-order valence-electron chi connectivity index (χ3n) is 4.67. The third-order valence-corrected chi connectivity index (χ3v) is 5.91. The van der Waals surface area contributed by atoms with E-state index in [1.54, 1.807) is 4.90 Å². The van der Waals surface area contributed by atoms with Crippen molar-refractivity contribution in [3.8, 4) is 0 Å². The van der Waals surface area contributed by atoms with Gasteiger partial charge in [0.15, 0.2) is 11.6 Å². The minimum atomic E-state index is -3.92. The molecule has 0 saturated carbocycles. The molecule has 0 spiro atoms. The molecule has 0 N–H and O–H groups in total. The molecule has 2 atom stereocenters. The Kier molecular flexibility index (Phi) is 4.94. The molecule has 1 heterocycles. The predicted molar refractivity (Wildman–Crippen MR) is 100 cm³/mol. The number of carbonyl (C=O) groups is 1. The molecule has 27 heavy (non-hydrogen) atoms. The lowest BCUT2D eigenvalue weighted by Crippen LogP contribution is -2.51. The van der Waals surface area contributed by atoms with Gasteiger partial charge in [0, 0.05) is 17.8 Å². The topological polar surface area (TPSA) is 57.7 Å². The van der Waals surface area contributed by atoms with Crippen LogP contribution in [-0.2, 0) is 21.2 Å². The highest BCUT2D eigenvalue weighted by Crippen LogP contribution is 2.33. The Hall–Kier alpha value is -2.48. The number of hydrogen-bond acceptors (Lipinski definition) is 3. The highest BCUT2D eigenvalue weighted by atomic mass is 32.2. The Morgan fingerprint density at radius 3 is 2.48 bits per heavy atom. The van der Waals surface area contributed by atoms with Gasteiger partial charge in [-0.15, -0.1) is 0 Å². The summed E-state index contributed by atoms with van der Waals surface area (Å²) in [5.74, 6) is -2.70. The van der Waals surface area contributed by atoms with E-state index < -0.39 is 33.6 Å². The number of fused-ring (bicyclic) bond motifs is 1. The van der Waals surface area contributed by atoms with Crippen molar-refractivity contribution in [2.75, 3.05) is 15.5 Å². The number of anilines is 2. The molecule has 0 radical (unpaired) electrons. The fourth-order valence-corrected chi connectivity index (χ4v) is 4.69. The van der Waals surface area contributed by atoms with Crippen molar-refractivity contribution in [1.82, 2.24) is 0 Å². The average molecular weight is 394 g/mol. The smallest absolute Gasteiger partial charge is 0.250 e. The number of rotatable bonds is 4. The van der Waals surface area contributed by atoms with Gasteiger partial charge in [-0.25, -0.2) is 17.2 Å². The van der Waals surface area contributed by atoms with Crippen molar-refractivity contribution in [3.05, 3.63) is 59.7 Å². The first-order valence-electron chi connectivity index (χ1n) is 8.46. The molecule has 0 fully saturated rings. The zero-order valence-electron chi connectivity index (χ0n) is 15.2. The molecule has 0 saturated heterocycles. The maximum Gasteiger partial charge on any atom is 0.250 e. The van der Waals surface area contributed by atoms with Crippen molar-refractivity contribution in [2.24, 2.45) is 0 Å². The normalized spacial score (nSPS) is 17.5. The van der Waals surface area contributed by atoms with Gasteiger partial charge in [-0.3, -0.25) is 9.10 Å². The van der Waals surface area contributed by atoms with Gasteiger partial charge in [0.05, 0.1) is 11.9 Å². The summed E-state index contributed by atoms with van der Waals surface area (Å²) >= 11 is 0. The van der Waals surface area contributed by atoms with E-state index in [1.165, 1.54) is 6.92 Å². The number of sulfonamides is 1. The van der Waals surface area contributed by atoms with Crippen molar-refractivity contribution < 1.29 is 22.0 Å². The maximum absolute atomic E-state index is 13.7. The molecule has 0 bridgehead atoms. The number of para-hydroxylation sites is 1. The summed E-state index contributed by atoms with van der Waals surface area (Å²) in [5.41, 5.74) is 1.64. The number of carbonyl (C=O) groups excluding carboxylic acids is 1. The molecule has 0 unspecified atom stereocenters. The Morgan fingerprint density at radius 2 is 1.85 bits per heavy atom. The van der Waals surface area contributed by atoms with Crippen LogP contribution in [0.1, 0.15) is 19.4 Å². The van der Waals surface area contributed by atoms with E-state index in [-0.39, 0.29) is 11.7 Å². The second kappa shape index (κ2) is 6.92. The highest BCUT2D eigenvalue weighted by Gasteiger charge is 2.38. The Balaban J connectivity index is 2.01. The van der Waals surface area contributed by atoms with Crippen molar-refractivity contribution in [1.29, 1.82) is 0 Å². The van der Waals surface area contributed by atoms with Crippen LogP contribution in [0.3, 0.4) is 0 Å². The van der Waals surface area contributed by atoms with Crippen LogP contribution in [0, 0.1) is 11.6 Å². The molecule has 5 nitrogen and oxygen atoms in total. The van der Waals surface area contributed by atoms with Gasteiger partial charge in [0.2, 0.25) is 10.0 Å². The van der Waals surface area contributed by atoms with Gasteiger partial charge in [0.1, 0.15) is 6.04 Å². The lowest BCUT2D eigenvalue weighted by Gasteiger charge is -2.33. The first kappa shape index (κ1) is 19.3. The van der Waals surface area contributed by atoms with E-state index in [1.807, 2.05) is 31.2 Å². The van der Waals surface area contributed by atoms with Crippen molar-refractivity contribution in [2.45, 2.75) is 32.4 Å². The fraction of sp³-hybridized carbons (Fsp3) is 0.316. The van der Waals surface area contributed by atoms with Crippen LogP contribution in [0.4, 0.5) is 20.2 Å². The number of benzene rings is 2. The van der Waals surface area contributed by atoms with E-state index in [9.17, 15) is 22.0 Å². The molecule has 3 rings (SSSR count). The molecule has 1 aliphatic heterocycles. The van der Waals surface area contributed by atoms with E-state index >= 15 is 0 Å². The number of halogens is 2. The quantitative estimate of drug-likeness (QED) is 0.801. The number of amides is 1. The van der Waals surface area contributed by atoms with Gasteiger partial charge in [0.25, 0.3) is 5.91 Å². The summed E-state index contributed by atoms with van der Waals surface area (Å²) in [6.45, 7) is 3.32. The predicted octanol–water partition coefficient (Wildman–Crippen LogP) is 3.10. The van der Waals surface area contributed by atoms with Crippen LogP contribution in [0.2, 0.25) is 0 Å². The number of hydrogen-bond donors (Lipinski definition) is 0. The minimum absolute atomic E-state index is 0.0996. The largest absolute Gasteiger partial charge is 0.307 e. The molecule has 2 aromatic rings. The second-order valence-corrected chi connectivity index (χ2v) is 8.58. The standard InChI is InChI=1S/C19H20F2N2O3S/c1-12-10-14-6-4-5-7-18(14)22(12)19(24)13(2)23(27(3,25)26)15-8-9-16(20)17(21)11-15/h4-9,11-13H,10H2,1-3H3/t12-,13+/m1/s1. The van der Waals surface area contributed by atoms with Gasteiger partial charge in [-0.1, -0.05) is 18.2 Å². The average Bonchev–Trinajstić information content (AvgIpc) is 2.92. The van der Waals surface area contributed by atoms with Gasteiger partial charge < -0.3 is 4.90 Å².